The molecule has 3 heterocycles. The standard InChI is InChI=1S/C23H12ClFN6O/c24-15-7-4-8-16(25)19(15)21-28-18(11-26)20(29-21)14-9-10-17(27-12-14)23-31-30-22(32-23)13-5-2-1-3-6-13/h1-10,12H,(H,28,29). The number of pyridine rings is 1. The van der Waals surface area contributed by atoms with Crippen molar-refractivity contribution in [3.05, 3.63) is 83.4 Å². The van der Waals surface area contributed by atoms with Crippen molar-refractivity contribution in [3.63, 3.8) is 0 Å². The maximum absolute atomic E-state index is 14.3. The molecule has 1 N–H and O–H groups in total. The zero-order chi connectivity index (χ0) is 22.1. The first-order chi connectivity index (χ1) is 15.6. The minimum atomic E-state index is -0.540. The average molecular weight is 443 g/mol. The number of hydrogen-bond acceptors (Lipinski definition) is 6. The van der Waals surface area contributed by atoms with E-state index in [9.17, 15) is 9.65 Å². The van der Waals surface area contributed by atoms with Crippen LogP contribution in [0.25, 0.3) is 45.7 Å². The molecule has 154 valence electrons. The van der Waals surface area contributed by atoms with Gasteiger partial charge in [-0.3, -0.25) is 4.98 Å². The van der Waals surface area contributed by atoms with E-state index < -0.39 is 5.82 Å². The van der Waals surface area contributed by atoms with Crippen LogP contribution in [0.3, 0.4) is 0 Å². The molecule has 3 aromatic heterocycles. The third-order valence-electron chi connectivity index (χ3n) is 4.72. The lowest BCUT2D eigenvalue weighted by molar-refractivity contribution is 0.582. The summed E-state index contributed by atoms with van der Waals surface area (Å²) >= 11 is 6.13. The van der Waals surface area contributed by atoms with Gasteiger partial charge in [0.15, 0.2) is 0 Å². The molecule has 0 saturated carbocycles. The Labute approximate surface area is 186 Å². The molecule has 0 atom stereocenters. The van der Waals surface area contributed by atoms with Gasteiger partial charge in [0.1, 0.15) is 34.8 Å². The summed E-state index contributed by atoms with van der Waals surface area (Å²) in [6, 6.07) is 19.2. The molecule has 0 aliphatic heterocycles. The molecule has 0 spiro atoms. The number of H-pyrrole nitrogens is 1. The number of nitriles is 1. The van der Waals surface area contributed by atoms with Crippen LogP contribution in [0.5, 0.6) is 0 Å². The van der Waals surface area contributed by atoms with E-state index >= 15 is 0 Å². The van der Waals surface area contributed by atoms with Gasteiger partial charge in [0.2, 0.25) is 5.89 Å². The first kappa shape index (κ1) is 19.6. The van der Waals surface area contributed by atoms with Crippen molar-refractivity contribution in [2.75, 3.05) is 0 Å². The number of nitrogens with zero attached hydrogens (tertiary/aromatic N) is 5. The second kappa shape index (κ2) is 8.06. The maximum atomic E-state index is 14.3. The number of benzene rings is 2. The molecule has 0 amide bonds. The van der Waals surface area contributed by atoms with Crippen LogP contribution < -0.4 is 0 Å². The van der Waals surface area contributed by atoms with E-state index in [4.69, 9.17) is 16.0 Å². The average Bonchev–Trinajstić information content (AvgIpc) is 3.48. The second-order valence-electron chi connectivity index (χ2n) is 6.73. The Hall–Kier alpha value is -4.35. The van der Waals surface area contributed by atoms with Crippen molar-refractivity contribution in [1.29, 1.82) is 5.26 Å². The molecule has 5 rings (SSSR count). The first-order valence-electron chi connectivity index (χ1n) is 9.44. The van der Waals surface area contributed by atoms with Gasteiger partial charge in [0, 0.05) is 17.3 Å². The van der Waals surface area contributed by atoms with Gasteiger partial charge in [-0.1, -0.05) is 35.9 Å². The summed E-state index contributed by atoms with van der Waals surface area (Å²) < 4.78 is 20.0. The number of rotatable bonds is 4. The molecule has 0 aliphatic rings. The van der Waals surface area contributed by atoms with Crippen molar-refractivity contribution >= 4 is 11.6 Å². The molecule has 0 saturated heterocycles. The third-order valence-corrected chi connectivity index (χ3v) is 5.03. The summed E-state index contributed by atoms with van der Waals surface area (Å²) in [6.45, 7) is 0. The largest absolute Gasteiger partial charge is 0.415 e. The molecule has 0 radical (unpaired) electrons. The van der Waals surface area contributed by atoms with Crippen LogP contribution in [0, 0.1) is 17.1 Å². The summed E-state index contributed by atoms with van der Waals surface area (Å²) in [5.74, 6) is 0.267. The highest BCUT2D eigenvalue weighted by molar-refractivity contribution is 6.33. The fraction of sp³-hybridized carbons (Fsp3) is 0. The van der Waals surface area contributed by atoms with E-state index in [0.29, 0.717) is 22.8 Å². The van der Waals surface area contributed by atoms with Gasteiger partial charge in [-0.05, 0) is 36.4 Å². The summed E-state index contributed by atoms with van der Waals surface area (Å²) in [5, 5.41) is 17.8. The second-order valence-corrected chi connectivity index (χ2v) is 7.14. The topological polar surface area (TPSA) is 104 Å². The Balaban J connectivity index is 1.48. The minimum absolute atomic E-state index is 0.0980. The fourth-order valence-corrected chi connectivity index (χ4v) is 3.44. The first-order valence-corrected chi connectivity index (χ1v) is 9.82. The number of nitrogens with one attached hydrogen (secondary N) is 1. The molecule has 5 aromatic rings. The Morgan fingerprint density at radius 2 is 1.75 bits per heavy atom. The molecule has 7 nitrogen and oxygen atoms in total. The van der Waals surface area contributed by atoms with Gasteiger partial charge >= 0.3 is 0 Å². The van der Waals surface area contributed by atoms with E-state index in [1.54, 1.807) is 18.2 Å². The predicted octanol–water partition coefficient (Wildman–Crippen LogP) is 5.52. The molecular formula is C23H12ClFN6O. The number of halogens is 2. The van der Waals surface area contributed by atoms with Gasteiger partial charge in [-0.25, -0.2) is 9.37 Å². The summed E-state index contributed by atoms with van der Waals surface area (Å²) in [5.41, 5.74) is 2.42. The van der Waals surface area contributed by atoms with Crippen LogP contribution in [-0.2, 0) is 0 Å². The Bertz CT molecular complexity index is 1430. The summed E-state index contributed by atoms with van der Waals surface area (Å²) in [4.78, 5) is 11.6. The van der Waals surface area contributed by atoms with E-state index in [1.165, 1.54) is 18.3 Å². The molecule has 0 aliphatic carbocycles. The number of aromatic nitrogens is 5. The van der Waals surface area contributed by atoms with Crippen molar-refractivity contribution in [1.82, 2.24) is 25.1 Å². The van der Waals surface area contributed by atoms with Crippen LogP contribution in [0.2, 0.25) is 5.02 Å². The van der Waals surface area contributed by atoms with Crippen LogP contribution in [0.4, 0.5) is 4.39 Å². The predicted molar refractivity (Wildman–Crippen MR) is 116 cm³/mol. The fourth-order valence-electron chi connectivity index (χ4n) is 3.19. The normalized spacial score (nSPS) is 10.8. The Morgan fingerprint density at radius 1 is 0.938 bits per heavy atom. The van der Waals surface area contributed by atoms with Crippen molar-refractivity contribution in [2.24, 2.45) is 0 Å². The minimum Gasteiger partial charge on any atom is -0.415 e. The Kier molecular flexibility index (Phi) is 4.94. The third kappa shape index (κ3) is 3.51. The molecular weight excluding hydrogens is 431 g/mol. The van der Waals surface area contributed by atoms with E-state index in [1.807, 2.05) is 36.4 Å². The number of imidazole rings is 1. The van der Waals surface area contributed by atoms with Crippen LogP contribution in [0.15, 0.2) is 71.3 Å². The van der Waals surface area contributed by atoms with Crippen LogP contribution in [0.1, 0.15) is 5.69 Å². The van der Waals surface area contributed by atoms with Crippen molar-refractivity contribution in [2.45, 2.75) is 0 Å². The lowest BCUT2D eigenvalue weighted by atomic mass is 10.1. The molecule has 0 unspecified atom stereocenters. The van der Waals surface area contributed by atoms with Gasteiger partial charge < -0.3 is 9.40 Å². The number of hydrogen-bond donors (Lipinski definition) is 1. The highest BCUT2D eigenvalue weighted by atomic mass is 35.5. The summed E-state index contributed by atoms with van der Waals surface area (Å²) in [6.07, 6.45) is 1.53. The highest BCUT2D eigenvalue weighted by Crippen LogP contribution is 2.32. The monoisotopic (exact) mass is 442 g/mol. The van der Waals surface area contributed by atoms with Gasteiger partial charge in [-0.15, -0.1) is 10.2 Å². The van der Waals surface area contributed by atoms with E-state index in [-0.39, 0.29) is 28.0 Å². The van der Waals surface area contributed by atoms with Crippen LogP contribution >= 0.6 is 11.6 Å². The number of aromatic amines is 1. The van der Waals surface area contributed by atoms with Gasteiger partial charge in [0.25, 0.3) is 5.89 Å². The quantitative estimate of drug-likeness (QED) is 0.393. The zero-order valence-corrected chi connectivity index (χ0v) is 17.0. The van der Waals surface area contributed by atoms with Crippen molar-refractivity contribution < 1.29 is 8.81 Å². The van der Waals surface area contributed by atoms with Crippen LogP contribution in [-0.4, -0.2) is 25.1 Å². The molecule has 32 heavy (non-hydrogen) atoms. The molecule has 0 bridgehead atoms. The van der Waals surface area contributed by atoms with E-state index in [0.717, 1.165) is 5.56 Å². The van der Waals surface area contributed by atoms with Gasteiger partial charge in [0.05, 0.1) is 10.6 Å². The SMILES string of the molecule is N#Cc1[nH]c(-c2c(F)cccc2Cl)nc1-c1ccc(-c2nnc(-c3ccccc3)o2)nc1. The van der Waals surface area contributed by atoms with Gasteiger partial charge in [-0.2, -0.15) is 5.26 Å². The lowest BCUT2D eigenvalue weighted by Gasteiger charge is -2.01. The van der Waals surface area contributed by atoms with Crippen molar-refractivity contribution in [3.8, 4) is 51.8 Å². The molecule has 0 fully saturated rings. The molecule has 2 aromatic carbocycles. The van der Waals surface area contributed by atoms with E-state index in [2.05, 4.69) is 25.1 Å². The highest BCUT2D eigenvalue weighted by Gasteiger charge is 2.19. The molecule has 9 heteroatoms. The Morgan fingerprint density at radius 3 is 2.47 bits per heavy atom. The zero-order valence-electron chi connectivity index (χ0n) is 16.3. The lowest BCUT2D eigenvalue weighted by Crippen LogP contribution is -1.88. The summed E-state index contributed by atoms with van der Waals surface area (Å²) in [7, 11) is 0. The maximum Gasteiger partial charge on any atom is 0.266 e. The smallest absolute Gasteiger partial charge is 0.266 e.